The predicted molar refractivity (Wildman–Crippen MR) is 138 cm³/mol. The van der Waals surface area contributed by atoms with Crippen LogP contribution in [0.25, 0.3) is 0 Å². The van der Waals surface area contributed by atoms with E-state index in [-0.39, 0.29) is 41.9 Å². The highest BCUT2D eigenvalue weighted by atomic mass is 32.2. The number of ketones is 2. The Balaban J connectivity index is 0.000000564. The second-order valence-corrected chi connectivity index (χ2v) is 11.1. The van der Waals surface area contributed by atoms with Crippen molar-refractivity contribution in [3.05, 3.63) is 35.9 Å². The van der Waals surface area contributed by atoms with E-state index >= 15 is 0 Å². The SMILES string of the molecule is CC(C)O[C@H](C)C(=O)C[C@H](C)C(=O)C(C)S.OCCSC(=S)SCc1ccccc1. The average molecular weight is 491 g/mol. The molecule has 0 aliphatic carbocycles. The number of carbonyl (C=O) groups excluding carboxylic acids is 2. The molecule has 0 spiro atoms. The zero-order valence-corrected chi connectivity index (χ0v) is 21.7. The quantitative estimate of drug-likeness (QED) is 0.326. The van der Waals surface area contributed by atoms with Crippen LogP contribution in [0.15, 0.2) is 30.3 Å². The summed E-state index contributed by atoms with van der Waals surface area (Å²) in [4.78, 5) is 23.3. The van der Waals surface area contributed by atoms with E-state index in [1.807, 2.05) is 32.0 Å². The largest absolute Gasteiger partial charge is 0.396 e. The van der Waals surface area contributed by atoms with Crippen molar-refractivity contribution in [2.75, 3.05) is 12.4 Å². The Labute approximate surface area is 200 Å². The fourth-order valence-electron chi connectivity index (χ4n) is 2.35. The maximum atomic E-state index is 11.7. The van der Waals surface area contributed by atoms with Crippen molar-refractivity contribution in [3.8, 4) is 0 Å². The third-order valence-corrected chi connectivity index (χ3v) is 6.85. The molecule has 170 valence electrons. The van der Waals surface area contributed by atoms with Gasteiger partial charge >= 0.3 is 0 Å². The maximum Gasteiger partial charge on any atom is 0.161 e. The average Bonchev–Trinajstić information content (AvgIpc) is 2.70. The lowest BCUT2D eigenvalue weighted by Crippen LogP contribution is -2.29. The molecule has 0 radical (unpaired) electrons. The topological polar surface area (TPSA) is 63.6 Å². The van der Waals surface area contributed by atoms with Crippen LogP contribution < -0.4 is 0 Å². The molecule has 0 aliphatic heterocycles. The first-order valence-electron chi connectivity index (χ1n) is 9.92. The van der Waals surface area contributed by atoms with Gasteiger partial charge in [0, 0.05) is 23.8 Å². The fraction of sp³-hybridized carbons (Fsp3) is 0.591. The van der Waals surface area contributed by atoms with Crippen LogP contribution in [0.2, 0.25) is 0 Å². The molecule has 0 saturated carbocycles. The Morgan fingerprint density at radius 1 is 1.10 bits per heavy atom. The summed E-state index contributed by atoms with van der Waals surface area (Å²) in [6, 6.07) is 10.2. The molecular weight excluding hydrogens is 457 g/mol. The van der Waals surface area contributed by atoms with Gasteiger partial charge in [-0.15, -0.1) is 23.5 Å². The molecule has 0 saturated heterocycles. The molecule has 1 aromatic rings. The minimum atomic E-state index is -0.439. The summed E-state index contributed by atoms with van der Waals surface area (Å²) >= 11 is 12.4. The smallest absolute Gasteiger partial charge is 0.161 e. The molecule has 0 bridgehead atoms. The van der Waals surface area contributed by atoms with E-state index in [0.717, 1.165) is 9.28 Å². The number of Topliss-reactive ketones (excluding diaryl/α,β-unsaturated/α-hetero) is 2. The molecule has 3 atom stereocenters. The van der Waals surface area contributed by atoms with E-state index in [4.69, 9.17) is 22.1 Å². The van der Waals surface area contributed by atoms with Crippen molar-refractivity contribution < 1.29 is 19.4 Å². The van der Waals surface area contributed by atoms with Crippen LogP contribution in [-0.4, -0.2) is 50.0 Å². The monoisotopic (exact) mass is 490 g/mol. The molecule has 0 fully saturated rings. The molecule has 0 aromatic heterocycles. The van der Waals surface area contributed by atoms with Crippen molar-refractivity contribution in [1.82, 2.24) is 0 Å². The Morgan fingerprint density at radius 3 is 2.20 bits per heavy atom. The van der Waals surface area contributed by atoms with E-state index < -0.39 is 6.10 Å². The van der Waals surface area contributed by atoms with Gasteiger partial charge in [0.1, 0.15) is 15.4 Å². The molecule has 0 heterocycles. The molecule has 0 aliphatic rings. The molecular formula is C22H34O4S4. The van der Waals surface area contributed by atoms with E-state index in [9.17, 15) is 9.59 Å². The van der Waals surface area contributed by atoms with Crippen LogP contribution >= 0.6 is 48.4 Å². The third kappa shape index (κ3) is 14.6. The normalized spacial score (nSPS) is 13.7. The highest BCUT2D eigenvalue weighted by Crippen LogP contribution is 2.21. The Morgan fingerprint density at radius 2 is 1.70 bits per heavy atom. The van der Waals surface area contributed by atoms with E-state index in [1.165, 1.54) is 5.56 Å². The number of aliphatic hydroxyl groups excluding tert-OH is 1. The molecule has 1 unspecified atom stereocenters. The first kappa shape index (κ1) is 29.6. The summed E-state index contributed by atoms with van der Waals surface area (Å²) in [6.45, 7) is 9.16. The number of hydrogen-bond donors (Lipinski definition) is 2. The van der Waals surface area contributed by atoms with Crippen molar-refractivity contribution in [1.29, 1.82) is 0 Å². The van der Waals surface area contributed by atoms with E-state index in [0.29, 0.717) is 5.75 Å². The summed E-state index contributed by atoms with van der Waals surface area (Å²) in [5.74, 6) is 1.31. The number of thiocarbonyl (C=S) groups is 1. The van der Waals surface area contributed by atoms with Gasteiger partial charge in [-0.25, -0.2) is 0 Å². The Kier molecular flexibility index (Phi) is 17.0. The van der Waals surface area contributed by atoms with Gasteiger partial charge in [-0.1, -0.05) is 49.5 Å². The van der Waals surface area contributed by atoms with Gasteiger partial charge < -0.3 is 9.84 Å². The molecule has 4 nitrogen and oxygen atoms in total. The standard InChI is InChI=1S/C12H22O3S.C10H12OS3/c1-7(2)15-9(4)11(13)6-8(3)12(14)10(5)16;11-6-7-13-10(12)14-8-9-4-2-1-3-5-9/h7-10,16H,6H2,1-5H3;1-5,11H,6-8H2/t8-,9+,10?;/m0./s1. The number of thiol groups is 1. The molecule has 30 heavy (non-hydrogen) atoms. The third-order valence-electron chi connectivity index (χ3n) is 3.85. The molecule has 1 N–H and O–H groups in total. The minimum absolute atomic E-state index is 0.00781. The summed E-state index contributed by atoms with van der Waals surface area (Å²) in [5, 5.41) is 8.30. The van der Waals surface area contributed by atoms with E-state index in [1.54, 1.807) is 44.3 Å². The van der Waals surface area contributed by atoms with Crippen LogP contribution in [0.1, 0.15) is 46.6 Å². The van der Waals surface area contributed by atoms with Gasteiger partial charge in [0.05, 0.1) is 18.0 Å². The second-order valence-electron chi connectivity index (χ2n) is 7.07. The number of carbonyl (C=O) groups is 2. The maximum absolute atomic E-state index is 11.7. The van der Waals surface area contributed by atoms with Gasteiger partial charge in [-0.05, 0) is 33.3 Å². The Hall–Kier alpha value is -0.380. The predicted octanol–water partition coefficient (Wildman–Crippen LogP) is 5.21. The molecule has 1 rings (SSSR count). The molecule has 1 aromatic carbocycles. The number of rotatable bonds is 11. The van der Waals surface area contributed by atoms with Crippen molar-refractivity contribution in [2.45, 2.75) is 64.3 Å². The summed E-state index contributed by atoms with van der Waals surface area (Å²) in [6.07, 6.45) is -0.184. The minimum Gasteiger partial charge on any atom is -0.396 e. The van der Waals surface area contributed by atoms with Crippen LogP contribution in [0.4, 0.5) is 0 Å². The highest BCUT2D eigenvalue weighted by Gasteiger charge is 2.23. The Bertz CT molecular complexity index is 635. The lowest BCUT2D eigenvalue weighted by atomic mass is 9.96. The van der Waals surface area contributed by atoms with Crippen LogP contribution in [0, 0.1) is 5.92 Å². The lowest BCUT2D eigenvalue weighted by Gasteiger charge is -2.17. The first-order chi connectivity index (χ1) is 14.1. The number of benzene rings is 1. The summed E-state index contributed by atoms with van der Waals surface area (Å²) in [5.41, 5.74) is 1.28. The molecule has 0 amide bonds. The van der Waals surface area contributed by atoms with Crippen LogP contribution in [0.3, 0.4) is 0 Å². The fourth-order valence-corrected chi connectivity index (χ4v) is 4.53. The van der Waals surface area contributed by atoms with Crippen molar-refractivity contribution in [2.24, 2.45) is 5.92 Å². The zero-order valence-electron chi connectivity index (χ0n) is 18.4. The van der Waals surface area contributed by atoms with Crippen molar-refractivity contribution in [3.63, 3.8) is 0 Å². The zero-order chi connectivity index (χ0) is 23.1. The second kappa shape index (κ2) is 17.2. The van der Waals surface area contributed by atoms with Crippen molar-refractivity contribution >= 4 is 63.5 Å². The van der Waals surface area contributed by atoms with Gasteiger partial charge in [0.15, 0.2) is 5.78 Å². The van der Waals surface area contributed by atoms with Crippen LogP contribution in [0.5, 0.6) is 0 Å². The number of hydrogen-bond acceptors (Lipinski definition) is 8. The van der Waals surface area contributed by atoms with E-state index in [2.05, 4.69) is 24.8 Å². The van der Waals surface area contributed by atoms with Gasteiger partial charge in [-0.2, -0.15) is 12.6 Å². The van der Waals surface area contributed by atoms with Gasteiger partial charge in [0.2, 0.25) is 0 Å². The highest BCUT2D eigenvalue weighted by molar-refractivity contribution is 8.46. The number of ether oxygens (including phenoxy) is 1. The van der Waals surface area contributed by atoms with Gasteiger partial charge in [-0.3, -0.25) is 9.59 Å². The number of thioether (sulfide) groups is 2. The van der Waals surface area contributed by atoms with Gasteiger partial charge in [0.25, 0.3) is 0 Å². The summed E-state index contributed by atoms with van der Waals surface area (Å²) in [7, 11) is 0. The number of aliphatic hydroxyl groups is 1. The molecule has 8 heteroatoms. The van der Waals surface area contributed by atoms with Crippen LogP contribution in [-0.2, 0) is 20.1 Å². The lowest BCUT2D eigenvalue weighted by molar-refractivity contribution is -0.135. The first-order valence-corrected chi connectivity index (χ1v) is 12.8. The summed E-state index contributed by atoms with van der Waals surface area (Å²) < 4.78 is 6.28.